The first-order valence-electron chi connectivity index (χ1n) is 12.4. The van der Waals surface area contributed by atoms with Crippen LogP contribution in [0.3, 0.4) is 0 Å². The second-order valence-electron chi connectivity index (χ2n) is 9.20. The molecule has 0 aromatic heterocycles. The van der Waals surface area contributed by atoms with Gasteiger partial charge in [0.1, 0.15) is 0 Å². The van der Waals surface area contributed by atoms with Crippen LogP contribution in [0.5, 0.6) is 0 Å². The van der Waals surface area contributed by atoms with E-state index >= 15 is 0 Å². The summed E-state index contributed by atoms with van der Waals surface area (Å²) in [5, 5.41) is 3.03. The molecule has 0 spiro atoms. The van der Waals surface area contributed by atoms with E-state index in [-0.39, 0.29) is 0 Å². The van der Waals surface area contributed by atoms with Crippen LogP contribution in [0, 0.1) is 0 Å². The standard InChI is InChI=1S/C30H38/c1-5-11-21-17-23-19-29-25(13-7-3)27-15-9-10-16-28(27)26(14-8-4)30(29)20-24(23)18-22(21)12-6-2/h9-10,15-18H,5-8,11-14,19-20H2,1-4H3. The fraction of sp³-hybridized carbons (Fsp3) is 0.467. The monoisotopic (exact) mass is 398 g/mol. The van der Waals surface area contributed by atoms with Gasteiger partial charge in [0.15, 0.2) is 0 Å². The maximum absolute atomic E-state index is 2.58. The van der Waals surface area contributed by atoms with Crippen LogP contribution in [0.15, 0.2) is 36.4 Å². The van der Waals surface area contributed by atoms with Gasteiger partial charge in [-0.1, -0.05) is 89.8 Å². The van der Waals surface area contributed by atoms with Gasteiger partial charge in [0.2, 0.25) is 0 Å². The van der Waals surface area contributed by atoms with Crippen molar-refractivity contribution in [1.29, 1.82) is 0 Å². The Hall–Kier alpha value is -2.08. The van der Waals surface area contributed by atoms with Gasteiger partial charge in [-0.15, -0.1) is 0 Å². The minimum absolute atomic E-state index is 1.13. The predicted molar refractivity (Wildman–Crippen MR) is 132 cm³/mol. The third-order valence-electron chi connectivity index (χ3n) is 6.97. The van der Waals surface area contributed by atoms with Crippen LogP contribution in [0.1, 0.15) is 97.9 Å². The van der Waals surface area contributed by atoms with E-state index in [1.165, 1.54) is 62.1 Å². The highest BCUT2D eigenvalue weighted by molar-refractivity contribution is 5.92. The van der Waals surface area contributed by atoms with Crippen molar-refractivity contribution in [3.8, 4) is 0 Å². The topological polar surface area (TPSA) is 0 Å². The summed E-state index contributed by atoms with van der Waals surface area (Å²) >= 11 is 0. The first kappa shape index (κ1) is 21.2. The molecule has 0 atom stereocenters. The summed E-state index contributed by atoms with van der Waals surface area (Å²) in [5.41, 5.74) is 13.0. The maximum Gasteiger partial charge on any atom is -0.00169 e. The first-order valence-corrected chi connectivity index (χ1v) is 12.4. The van der Waals surface area contributed by atoms with Gasteiger partial charge < -0.3 is 0 Å². The lowest BCUT2D eigenvalue weighted by atomic mass is 9.76. The SMILES string of the molecule is CCCc1cc2c(cc1CCC)Cc1c(c(CCC)c3ccccc3c1CCC)C2. The summed E-state index contributed by atoms with van der Waals surface area (Å²) in [4.78, 5) is 0. The molecule has 0 saturated heterocycles. The van der Waals surface area contributed by atoms with Gasteiger partial charge in [-0.25, -0.2) is 0 Å². The zero-order valence-corrected chi connectivity index (χ0v) is 19.5. The van der Waals surface area contributed by atoms with Gasteiger partial charge in [-0.05, 0) is 93.8 Å². The summed E-state index contributed by atoms with van der Waals surface area (Å²) in [6.07, 6.45) is 12.0. The highest BCUT2D eigenvalue weighted by Crippen LogP contribution is 2.39. The van der Waals surface area contributed by atoms with Gasteiger partial charge in [-0.2, -0.15) is 0 Å². The van der Waals surface area contributed by atoms with Crippen molar-refractivity contribution in [1.82, 2.24) is 0 Å². The van der Waals surface area contributed by atoms with Crippen LogP contribution >= 0.6 is 0 Å². The molecule has 4 rings (SSSR count). The lowest BCUT2D eigenvalue weighted by molar-refractivity contribution is 0.836. The zero-order chi connectivity index (χ0) is 21.1. The Kier molecular flexibility index (Phi) is 6.61. The molecular formula is C30H38. The van der Waals surface area contributed by atoms with Gasteiger partial charge in [0.05, 0.1) is 0 Å². The molecule has 0 radical (unpaired) electrons. The van der Waals surface area contributed by atoms with Crippen molar-refractivity contribution in [2.24, 2.45) is 0 Å². The van der Waals surface area contributed by atoms with E-state index < -0.39 is 0 Å². The Bertz CT molecular complexity index is 954. The lowest BCUT2D eigenvalue weighted by Gasteiger charge is -2.29. The first-order chi connectivity index (χ1) is 14.7. The van der Waals surface area contributed by atoms with Gasteiger partial charge in [0.25, 0.3) is 0 Å². The Morgan fingerprint density at radius 2 is 0.967 bits per heavy atom. The largest absolute Gasteiger partial charge is 0.0651 e. The second kappa shape index (κ2) is 9.38. The van der Waals surface area contributed by atoms with Crippen molar-refractivity contribution in [3.63, 3.8) is 0 Å². The number of hydrogen-bond donors (Lipinski definition) is 0. The van der Waals surface area contributed by atoms with E-state index in [4.69, 9.17) is 0 Å². The minimum Gasteiger partial charge on any atom is -0.0651 e. The molecule has 0 saturated carbocycles. The van der Waals surface area contributed by atoms with Gasteiger partial charge >= 0.3 is 0 Å². The van der Waals surface area contributed by atoms with Crippen molar-refractivity contribution >= 4 is 10.8 Å². The van der Waals surface area contributed by atoms with Crippen molar-refractivity contribution < 1.29 is 0 Å². The van der Waals surface area contributed by atoms with Gasteiger partial charge in [-0.3, -0.25) is 0 Å². The van der Waals surface area contributed by atoms with Crippen LogP contribution in [0.2, 0.25) is 0 Å². The zero-order valence-electron chi connectivity index (χ0n) is 19.5. The number of rotatable bonds is 8. The summed E-state index contributed by atoms with van der Waals surface area (Å²) in [5.74, 6) is 0. The van der Waals surface area contributed by atoms with Gasteiger partial charge in [0, 0.05) is 0 Å². The summed E-state index contributed by atoms with van der Waals surface area (Å²) in [7, 11) is 0. The molecule has 0 unspecified atom stereocenters. The molecule has 3 aromatic carbocycles. The molecule has 1 aliphatic rings. The molecule has 0 heteroatoms. The average molecular weight is 399 g/mol. The van der Waals surface area contributed by atoms with Crippen LogP contribution in [-0.4, -0.2) is 0 Å². The Labute approximate surface area is 183 Å². The van der Waals surface area contributed by atoms with E-state index in [0.717, 1.165) is 12.8 Å². The maximum atomic E-state index is 2.58. The van der Waals surface area contributed by atoms with E-state index in [9.17, 15) is 0 Å². The Morgan fingerprint density at radius 1 is 0.567 bits per heavy atom. The predicted octanol–water partition coefficient (Wildman–Crippen LogP) is 8.14. The number of hydrogen-bond acceptors (Lipinski definition) is 0. The van der Waals surface area contributed by atoms with E-state index in [1.54, 1.807) is 44.5 Å². The van der Waals surface area contributed by atoms with Crippen molar-refractivity contribution in [2.45, 2.75) is 91.9 Å². The molecule has 0 heterocycles. The molecule has 0 bridgehead atoms. The molecule has 0 amide bonds. The molecule has 0 N–H and O–H groups in total. The molecule has 0 fully saturated rings. The summed E-state index contributed by atoms with van der Waals surface area (Å²) in [6.45, 7) is 9.28. The van der Waals surface area contributed by atoms with Crippen LogP contribution < -0.4 is 0 Å². The molecule has 3 aromatic rings. The third kappa shape index (κ3) is 3.82. The summed E-state index contributed by atoms with van der Waals surface area (Å²) in [6, 6.07) is 14.4. The fourth-order valence-electron chi connectivity index (χ4n) is 5.70. The molecular weight excluding hydrogens is 360 g/mol. The average Bonchev–Trinajstić information content (AvgIpc) is 2.76. The highest BCUT2D eigenvalue weighted by Gasteiger charge is 2.24. The fourth-order valence-corrected chi connectivity index (χ4v) is 5.70. The normalized spacial score (nSPS) is 12.8. The Morgan fingerprint density at radius 3 is 1.33 bits per heavy atom. The minimum atomic E-state index is 1.13. The lowest BCUT2D eigenvalue weighted by Crippen LogP contribution is -2.15. The molecule has 1 aliphatic carbocycles. The smallest absolute Gasteiger partial charge is 0.00169 e. The van der Waals surface area contributed by atoms with Crippen molar-refractivity contribution in [3.05, 3.63) is 80.9 Å². The van der Waals surface area contributed by atoms with E-state index in [0.29, 0.717) is 0 Å². The van der Waals surface area contributed by atoms with Crippen LogP contribution in [0.25, 0.3) is 10.8 Å². The second-order valence-corrected chi connectivity index (χ2v) is 9.20. The number of benzene rings is 3. The highest BCUT2D eigenvalue weighted by atomic mass is 14.3. The molecule has 0 aliphatic heterocycles. The summed E-state index contributed by atoms with van der Waals surface area (Å²) < 4.78 is 0. The number of fused-ring (bicyclic) bond motifs is 3. The Balaban J connectivity index is 1.92. The van der Waals surface area contributed by atoms with E-state index in [2.05, 4.69) is 64.1 Å². The van der Waals surface area contributed by atoms with Crippen molar-refractivity contribution in [2.75, 3.05) is 0 Å². The molecule has 0 nitrogen and oxygen atoms in total. The van der Waals surface area contributed by atoms with Crippen LogP contribution in [-0.2, 0) is 38.5 Å². The third-order valence-corrected chi connectivity index (χ3v) is 6.97. The quantitative estimate of drug-likeness (QED) is 0.281. The van der Waals surface area contributed by atoms with Crippen LogP contribution in [0.4, 0.5) is 0 Å². The molecule has 30 heavy (non-hydrogen) atoms. The molecule has 158 valence electrons. The van der Waals surface area contributed by atoms with E-state index in [1.807, 2.05) is 0 Å². The number of aryl methyl sites for hydroxylation is 4.